The second-order valence-electron chi connectivity index (χ2n) is 4.57. The van der Waals surface area contributed by atoms with E-state index in [0.717, 1.165) is 6.07 Å². The molecule has 0 aliphatic rings. The largest absolute Gasteiger partial charge is 0.497 e. The summed E-state index contributed by atoms with van der Waals surface area (Å²) < 4.78 is 50.0. The Morgan fingerprint density at radius 3 is 2.18 bits per heavy atom. The molecule has 0 bridgehead atoms. The summed E-state index contributed by atoms with van der Waals surface area (Å²) in [4.78, 5) is 0. The van der Waals surface area contributed by atoms with E-state index in [0.29, 0.717) is 11.3 Å². The van der Waals surface area contributed by atoms with Crippen LogP contribution in [0.3, 0.4) is 0 Å². The van der Waals surface area contributed by atoms with Crippen molar-refractivity contribution in [1.29, 1.82) is 0 Å². The summed E-state index contributed by atoms with van der Waals surface area (Å²) in [5.74, 6) is 0.732. The predicted molar refractivity (Wildman–Crippen MR) is 78.0 cm³/mol. The number of hydrogen-bond donors (Lipinski definition) is 1. The van der Waals surface area contributed by atoms with Gasteiger partial charge in [0.25, 0.3) is 0 Å². The van der Waals surface area contributed by atoms with Crippen LogP contribution in [0, 0.1) is 0 Å². The second kappa shape index (κ2) is 6.70. The molecular weight excluding hydrogens is 295 g/mol. The summed E-state index contributed by atoms with van der Waals surface area (Å²) in [5.41, 5.74) is 5.10. The molecule has 6 heteroatoms. The molecule has 0 unspecified atom stereocenters. The van der Waals surface area contributed by atoms with Gasteiger partial charge in [-0.3, -0.25) is 0 Å². The number of rotatable bonds is 5. The van der Waals surface area contributed by atoms with Crippen LogP contribution in [0.15, 0.2) is 42.5 Å². The molecule has 118 valence electrons. The Morgan fingerprint density at radius 1 is 1.00 bits per heavy atom. The summed E-state index contributed by atoms with van der Waals surface area (Å²) in [6.07, 6.45) is -4.47. The van der Waals surface area contributed by atoms with Crippen molar-refractivity contribution in [1.82, 2.24) is 0 Å². The highest BCUT2D eigenvalue weighted by atomic mass is 19.4. The monoisotopic (exact) mass is 311 g/mol. The molecule has 0 saturated heterocycles. The number of methoxy groups -OCH3 is 1. The highest BCUT2D eigenvalue weighted by Gasteiger charge is 2.34. The Hall–Kier alpha value is -2.21. The van der Waals surface area contributed by atoms with Gasteiger partial charge in [0.1, 0.15) is 18.1 Å². The molecule has 3 nitrogen and oxygen atoms in total. The van der Waals surface area contributed by atoms with Gasteiger partial charge < -0.3 is 15.2 Å². The average Bonchev–Trinajstić information content (AvgIpc) is 2.52. The maximum atomic E-state index is 13.3. The fraction of sp³-hybridized carbons (Fsp3) is 0.250. The van der Waals surface area contributed by atoms with E-state index in [2.05, 4.69) is 0 Å². The van der Waals surface area contributed by atoms with Gasteiger partial charge in [-0.2, -0.15) is 13.2 Å². The van der Waals surface area contributed by atoms with Crippen LogP contribution < -0.4 is 15.2 Å². The van der Waals surface area contributed by atoms with Crippen molar-refractivity contribution in [3.8, 4) is 22.6 Å². The van der Waals surface area contributed by atoms with E-state index in [1.54, 1.807) is 24.3 Å². The van der Waals surface area contributed by atoms with E-state index in [4.69, 9.17) is 15.2 Å². The van der Waals surface area contributed by atoms with Gasteiger partial charge in [0.05, 0.1) is 12.7 Å². The third-order valence-electron chi connectivity index (χ3n) is 3.08. The first-order valence-corrected chi connectivity index (χ1v) is 6.64. The molecule has 2 aromatic rings. The van der Waals surface area contributed by atoms with Gasteiger partial charge in [-0.15, -0.1) is 0 Å². The molecule has 0 fully saturated rings. The minimum atomic E-state index is -4.47. The quantitative estimate of drug-likeness (QED) is 0.915. The number of halogens is 3. The second-order valence-corrected chi connectivity index (χ2v) is 4.57. The highest BCUT2D eigenvalue weighted by molar-refractivity contribution is 5.69. The van der Waals surface area contributed by atoms with Crippen molar-refractivity contribution in [3.63, 3.8) is 0 Å². The fourth-order valence-corrected chi connectivity index (χ4v) is 2.05. The van der Waals surface area contributed by atoms with E-state index < -0.39 is 11.7 Å². The first-order valence-electron chi connectivity index (χ1n) is 6.64. The molecule has 0 spiro atoms. The molecule has 2 rings (SSSR count). The van der Waals surface area contributed by atoms with Crippen LogP contribution in [-0.4, -0.2) is 20.3 Å². The maximum Gasteiger partial charge on any atom is 0.417 e. The zero-order valence-electron chi connectivity index (χ0n) is 12.0. The molecule has 0 saturated carbocycles. The van der Waals surface area contributed by atoms with Gasteiger partial charge in [0, 0.05) is 6.54 Å². The molecule has 0 heterocycles. The molecule has 0 aliphatic carbocycles. The molecule has 2 N–H and O–H groups in total. The SMILES string of the molecule is COc1ccc(-c2ccc(OCCN)cc2C(F)(F)F)cc1. The number of benzene rings is 2. The van der Waals surface area contributed by atoms with Gasteiger partial charge >= 0.3 is 6.18 Å². The predicted octanol–water partition coefficient (Wildman–Crippen LogP) is 3.72. The summed E-state index contributed by atoms with van der Waals surface area (Å²) >= 11 is 0. The van der Waals surface area contributed by atoms with Gasteiger partial charge in [-0.1, -0.05) is 18.2 Å². The maximum absolute atomic E-state index is 13.3. The van der Waals surface area contributed by atoms with Crippen molar-refractivity contribution < 1.29 is 22.6 Å². The Bertz CT molecular complexity index is 624. The molecule has 0 radical (unpaired) electrons. The molecule has 0 amide bonds. The minimum Gasteiger partial charge on any atom is -0.497 e. The van der Waals surface area contributed by atoms with Crippen LogP contribution in [0.5, 0.6) is 11.5 Å². The van der Waals surface area contributed by atoms with Crippen molar-refractivity contribution in [2.24, 2.45) is 5.73 Å². The number of alkyl halides is 3. The Kier molecular flexibility index (Phi) is 4.92. The molecule has 0 atom stereocenters. The molecule has 22 heavy (non-hydrogen) atoms. The number of hydrogen-bond acceptors (Lipinski definition) is 3. The lowest BCUT2D eigenvalue weighted by molar-refractivity contribution is -0.137. The van der Waals surface area contributed by atoms with Gasteiger partial charge in [0.2, 0.25) is 0 Å². The third kappa shape index (κ3) is 3.71. The van der Waals surface area contributed by atoms with Crippen LogP contribution in [0.4, 0.5) is 13.2 Å². The molecule has 0 aromatic heterocycles. The number of nitrogens with two attached hydrogens (primary N) is 1. The lowest BCUT2D eigenvalue weighted by Gasteiger charge is -2.15. The van der Waals surface area contributed by atoms with E-state index in [9.17, 15) is 13.2 Å². The smallest absolute Gasteiger partial charge is 0.417 e. The lowest BCUT2D eigenvalue weighted by Crippen LogP contribution is -2.12. The average molecular weight is 311 g/mol. The van der Waals surface area contributed by atoms with Crippen molar-refractivity contribution in [3.05, 3.63) is 48.0 Å². The van der Waals surface area contributed by atoms with E-state index >= 15 is 0 Å². The van der Waals surface area contributed by atoms with Crippen LogP contribution in [0.25, 0.3) is 11.1 Å². The zero-order valence-corrected chi connectivity index (χ0v) is 12.0. The Balaban J connectivity index is 2.44. The minimum absolute atomic E-state index is 0.0928. The van der Waals surface area contributed by atoms with Crippen LogP contribution in [-0.2, 0) is 6.18 Å². The topological polar surface area (TPSA) is 44.5 Å². The Morgan fingerprint density at radius 2 is 1.64 bits per heavy atom. The molecule has 0 aliphatic heterocycles. The van der Waals surface area contributed by atoms with Gasteiger partial charge in [0.15, 0.2) is 0 Å². The highest BCUT2D eigenvalue weighted by Crippen LogP contribution is 2.39. The first kappa shape index (κ1) is 16.2. The van der Waals surface area contributed by atoms with Crippen molar-refractivity contribution >= 4 is 0 Å². The summed E-state index contributed by atoms with van der Waals surface area (Å²) in [5, 5.41) is 0. The summed E-state index contributed by atoms with van der Waals surface area (Å²) in [6, 6.07) is 10.3. The lowest BCUT2D eigenvalue weighted by atomic mass is 9.99. The Labute approximate surface area is 126 Å². The van der Waals surface area contributed by atoms with E-state index in [-0.39, 0.29) is 24.5 Å². The van der Waals surface area contributed by atoms with Crippen LogP contribution in [0.2, 0.25) is 0 Å². The third-order valence-corrected chi connectivity index (χ3v) is 3.08. The van der Waals surface area contributed by atoms with E-state index in [1.165, 1.54) is 19.2 Å². The fourth-order valence-electron chi connectivity index (χ4n) is 2.05. The summed E-state index contributed by atoms with van der Waals surface area (Å²) in [7, 11) is 1.50. The first-order chi connectivity index (χ1) is 10.5. The van der Waals surface area contributed by atoms with Crippen LogP contribution in [0.1, 0.15) is 5.56 Å². The number of ether oxygens (including phenoxy) is 2. The van der Waals surface area contributed by atoms with E-state index in [1.807, 2.05) is 0 Å². The standard InChI is InChI=1S/C16H16F3NO2/c1-21-12-4-2-11(3-5-12)14-7-6-13(22-9-8-20)10-15(14)16(17,18)19/h2-7,10H,8-9,20H2,1H3. The van der Waals surface area contributed by atoms with Gasteiger partial charge in [-0.05, 0) is 35.4 Å². The summed E-state index contributed by atoms with van der Waals surface area (Å²) in [6.45, 7) is 0.404. The zero-order chi connectivity index (χ0) is 16.2. The normalized spacial score (nSPS) is 11.3. The van der Waals surface area contributed by atoms with Crippen LogP contribution >= 0.6 is 0 Å². The molecule has 2 aromatic carbocycles. The van der Waals surface area contributed by atoms with Crippen molar-refractivity contribution in [2.75, 3.05) is 20.3 Å². The molecular formula is C16H16F3NO2. The van der Waals surface area contributed by atoms with Crippen molar-refractivity contribution in [2.45, 2.75) is 6.18 Å². The van der Waals surface area contributed by atoms with Gasteiger partial charge in [-0.25, -0.2) is 0 Å².